The van der Waals surface area contributed by atoms with E-state index in [0.717, 1.165) is 12.8 Å². The highest BCUT2D eigenvalue weighted by Crippen LogP contribution is 2.30. The zero-order chi connectivity index (χ0) is 19.3. The fourth-order valence-electron chi connectivity index (χ4n) is 2.34. The molecule has 0 bridgehead atoms. The van der Waals surface area contributed by atoms with Crippen LogP contribution in [0.5, 0.6) is 0 Å². The molecular formula is C18H20N4O4S. The molecule has 0 radical (unpaired) electrons. The molecular weight excluding hydrogens is 368 g/mol. The minimum absolute atomic E-state index is 0.0142. The van der Waals surface area contributed by atoms with Gasteiger partial charge in [0.15, 0.2) is 0 Å². The lowest BCUT2D eigenvalue weighted by Crippen LogP contribution is -2.27. The maximum absolute atomic E-state index is 12.0. The molecule has 0 saturated heterocycles. The molecule has 1 aliphatic rings. The second-order valence-electron chi connectivity index (χ2n) is 6.23. The molecule has 0 aliphatic heterocycles. The number of sulfonamides is 1. The first-order chi connectivity index (χ1) is 12.9. The van der Waals surface area contributed by atoms with Crippen molar-refractivity contribution in [3.63, 3.8) is 0 Å². The summed E-state index contributed by atoms with van der Waals surface area (Å²) in [6.45, 7) is -0.0292. The van der Waals surface area contributed by atoms with Crippen molar-refractivity contribution in [1.82, 2.24) is 9.71 Å². The Morgan fingerprint density at radius 3 is 2.30 bits per heavy atom. The summed E-state index contributed by atoms with van der Waals surface area (Å²) < 4.78 is 26.4. The number of carbonyl (C=O) groups is 2. The summed E-state index contributed by atoms with van der Waals surface area (Å²) in [4.78, 5) is 27.5. The molecule has 1 aromatic heterocycles. The zero-order valence-corrected chi connectivity index (χ0v) is 15.3. The van der Waals surface area contributed by atoms with Gasteiger partial charge in [0.05, 0.1) is 0 Å². The quantitative estimate of drug-likeness (QED) is 0.637. The highest BCUT2D eigenvalue weighted by Gasteiger charge is 2.29. The predicted molar refractivity (Wildman–Crippen MR) is 100 cm³/mol. The number of pyridine rings is 1. The zero-order valence-electron chi connectivity index (χ0n) is 14.5. The van der Waals surface area contributed by atoms with Crippen molar-refractivity contribution in [1.29, 1.82) is 0 Å². The Hall–Kier alpha value is -2.78. The SMILES string of the molecule is O=C(CCNS(=O)(=O)c1cccnc1)Nc1ccc(NC(=O)C2CC2)cc1. The molecule has 8 nitrogen and oxygen atoms in total. The van der Waals surface area contributed by atoms with Crippen molar-refractivity contribution < 1.29 is 18.0 Å². The van der Waals surface area contributed by atoms with E-state index in [9.17, 15) is 18.0 Å². The van der Waals surface area contributed by atoms with E-state index in [1.807, 2.05) is 0 Å². The van der Waals surface area contributed by atoms with E-state index in [-0.39, 0.29) is 35.6 Å². The number of hydrogen-bond acceptors (Lipinski definition) is 5. The number of hydrogen-bond donors (Lipinski definition) is 3. The van der Waals surface area contributed by atoms with Crippen LogP contribution in [0.2, 0.25) is 0 Å². The molecule has 1 fully saturated rings. The molecule has 142 valence electrons. The van der Waals surface area contributed by atoms with Gasteiger partial charge in [0.25, 0.3) is 0 Å². The molecule has 1 heterocycles. The minimum Gasteiger partial charge on any atom is -0.326 e. The van der Waals surface area contributed by atoms with Crippen molar-refractivity contribution in [2.75, 3.05) is 17.2 Å². The Labute approximate surface area is 157 Å². The van der Waals surface area contributed by atoms with E-state index in [1.165, 1.54) is 24.5 Å². The highest BCUT2D eigenvalue weighted by atomic mass is 32.2. The maximum Gasteiger partial charge on any atom is 0.242 e. The Morgan fingerprint density at radius 2 is 1.70 bits per heavy atom. The first kappa shape index (κ1) is 19.0. The van der Waals surface area contributed by atoms with Crippen LogP contribution in [0.1, 0.15) is 19.3 Å². The first-order valence-electron chi connectivity index (χ1n) is 8.54. The number of amides is 2. The van der Waals surface area contributed by atoms with E-state index in [0.29, 0.717) is 11.4 Å². The van der Waals surface area contributed by atoms with Gasteiger partial charge in [-0.15, -0.1) is 0 Å². The molecule has 27 heavy (non-hydrogen) atoms. The molecule has 2 aromatic rings. The number of benzene rings is 1. The van der Waals surface area contributed by atoms with E-state index >= 15 is 0 Å². The summed E-state index contributed by atoms with van der Waals surface area (Å²) in [6, 6.07) is 9.74. The lowest BCUT2D eigenvalue weighted by Gasteiger charge is -2.09. The number of carbonyl (C=O) groups excluding carboxylic acids is 2. The number of anilines is 2. The average Bonchev–Trinajstić information content (AvgIpc) is 3.49. The van der Waals surface area contributed by atoms with Gasteiger partial charge in [-0.3, -0.25) is 14.6 Å². The second kappa shape index (κ2) is 8.28. The van der Waals surface area contributed by atoms with E-state index in [2.05, 4.69) is 20.3 Å². The fourth-order valence-corrected chi connectivity index (χ4v) is 3.33. The first-order valence-corrected chi connectivity index (χ1v) is 10.0. The summed E-state index contributed by atoms with van der Waals surface area (Å²) in [6.07, 6.45) is 4.58. The Bertz CT molecular complexity index is 910. The summed E-state index contributed by atoms with van der Waals surface area (Å²) in [7, 11) is -3.68. The number of aromatic nitrogens is 1. The standard InChI is InChI=1S/C18H20N4O4S/c23-17(9-11-20-27(25,26)16-2-1-10-19-12-16)21-14-5-7-15(8-6-14)22-18(24)13-3-4-13/h1-2,5-8,10,12-13,20H,3-4,9,11H2,(H,21,23)(H,22,24). The normalized spacial score (nSPS) is 13.8. The predicted octanol–water partition coefficient (Wildman–Crippen LogP) is 1.74. The molecule has 1 saturated carbocycles. The lowest BCUT2D eigenvalue weighted by molar-refractivity contribution is -0.117. The van der Waals surface area contributed by atoms with Crippen molar-refractivity contribution in [3.8, 4) is 0 Å². The molecule has 1 aliphatic carbocycles. The van der Waals surface area contributed by atoms with Crippen LogP contribution in [0.3, 0.4) is 0 Å². The number of rotatable bonds is 8. The summed E-state index contributed by atoms with van der Waals surface area (Å²) in [5.74, 6) is -0.175. The van der Waals surface area contributed by atoms with Gasteiger partial charge in [-0.1, -0.05) is 0 Å². The van der Waals surface area contributed by atoms with Gasteiger partial charge in [0.1, 0.15) is 4.90 Å². The van der Waals surface area contributed by atoms with Crippen molar-refractivity contribution >= 4 is 33.2 Å². The highest BCUT2D eigenvalue weighted by molar-refractivity contribution is 7.89. The smallest absolute Gasteiger partial charge is 0.242 e. The molecule has 2 amide bonds. The van der Waals surface area contributed by atoms with Crippen LogP contribution in [-0.4, -0.2) is 31.8 Å². The summed E-state index contributed by atoms with van der Waals surface area (Å²) >= 11 is 0. The van der Waals surface area contributed by atoms with Gasteiger partial charge < -0.3 is 10.6 Å². The van der Waals surface area contributed by atoms with Gasteiger partial charge in [-0.2, -0.15) is 0 Å². The van der Waals surface area contributed by atoms with Gasteiger partial charge in [0, 0.05) is 42.7 Å². The van der Waals surface area contributed by atoms with Crippen molar-refractivity contribution in [2.45, 2.75) is 24.2 Å². The molecule has 1 aromatic carbocycles. The van der Waals surface area contributed by atoms with Crippen LogP contribution in [0, 0.1) is 5.92 Å². The lowest BCUT2D eigenvalue weighted by atomic mass is 10.2. The third kappa shape index (κ3) is 5.60. The van der Waals surface area contributed by atoms with Crippen LogP contribution >= 0.6 is 0 Å². The maximum atomic E-state index is 12.0. The van der Waals surface area contributed by atoms with Crippen molar-refractivity contribution in [2.24, 2.45) is 5.92 Å². The minimum atomic E-state index is -3.68. The van der Waals surface area contributed by atoms with E-state index in [4.69, 9.17) is 0 Å². The van der Waals surface area contributed by atoms with Crippen LogP contribution in [-0.2, 0) is 19.6 Å². The largest absolute Gasteiger partial charge is 0.326 e. The third-order valence-corrected chi connectivity index (χ3v) is 5.42. The Kier molecular flexibility index (Phi) is 5.82. The third-order valence-electron chi connectivity index (χ3n) is 3.97. The fraction of sp³-hybridized carbons (Fsp3) is 0.278. The summed E-state index contributed by atoms with van der Waals surface area (Å²) in [5, 5.41) is 5.50. The van der Waals surface area contributed by atoms with Crippen LogP contribution < -0.4 is 15.4 Å². The second-order valence-corrected chi connectivity index (χ2v) is 7.99. The molecule has 0 spiro atoms. The molecule has 3 N–H and O–H groups in total. The topological polar surface area (TPSA) is 117 Å². The van der Waals surface area contributed by atoms with Crippen LogP contribution in [0.25, 0.3) is 0 Å². The van der Waals surface area contributed by atoms with Crippen molar-refractivity contribution in [3.05, 3.63) is 48.8 Å². The van der Waals surface area contributed by atoms with E-state index in [1.54, 1.807) is 24.3 Å². The van der Waals surface area contributed by atoms with Gasteiger partial charge >= 0.3 is 0 Å². The molecule has 9 heteroatoms. The van der Waals surface area contributed by atoms with Crippen LogP contribution in [0.15, 0.2) is 53.7 Å². The molecule has 3 rings (SSSR count). The van der Waals surface area contributed by atoms with Gasteiger partial charge in [0.2, 0.25) is 21.8 Å². The summed E-state index contributed by atoms with van der Waals surface area (Å²) in [5.41, 5.74) is 1.24. The average molecular weight is 388 g/mol. The Balaban J connectivity index is 1.44. The van der Waals surface area contributed by atoms with E-state index < -0.39 is 10.0 Å². The number of nitrogens with zero attached hydrogens (tertiary/aromatic N) is 1. The Morgan fingerprint density at radius 1 is 1.04 bits per heavy atom. The van der Waals surface area contributed by atoms with Crippen LogP contribution in [0.4, 0.5) is 11.4 Å². The molecule has 0 unspecified atom stereocenters. The monoisotopic (exact) mass is 388 g/mol. The van der Waals surface area contributed by atoms with Gasteiger partial charge in [-0.05, 0) is 49.2 Å². The number of nitrogens with one attached hydrogen (secondary N) is 3. The van der Waals surface area contributed by atoms with Gasteiger partial charge in [-0.25, -0.2) is 13.1 Å². The molecule has 0 atom stereocenters.